The monoisotopic (exact) mass is 414 g/mol. The van der Waals surface area contributed by atoms with E-state index >= 15 is 0 Å². The van der Waals surface area contributed by atoms with Crippen molar-refractivity contribution >= 4 is 21.6 Å². The van der Waals surface area contributed by atoms with Crippen LogP contribution >= 0.6 is 0 Å². The summed E-state index contributed by atoms with van der Waals surface area (Å²) in [6.07, 6.45) is 5.56. The molecule has 1 unspecified atom stereocenters. The number of hydrogen-bond acceptors (Lipinski definition) is 5. The average Bonchev–Trinajstić information content (AvgIpc) is 3.32. The Balaban J connectivity index is 1.41. The van der Waals surface area contributed by atoms with E-state index in [0.29, 0.717) is 18.5 Å². The Morgan fingerprint density at radius 1 is 1.24 bits per heavy atom. The molecule has 1 aliphatic heterocycles. The van der Waals surface area contributed by atoms with Crippen LogP contribution in [0.15, 0.2) is 59.9 Å². The van der Waals surface area contributed by atoms with Crippen LogP contribution < -0.4 is 5.32 Å². The molecule has 3 aromatic rings. The number of nitrogens with one attached hydrogen (secondary N) is 1. The zero-order valence-corrected chi connectivity index (χ0v) is 16.8. The Hall–Kier alpha value is -2.75. The number of aromatic nitrogens is 2. The number of carbonyl (C=O) groups is 1. The predicted octanol–water partition coefficient (Wildman–Crippen LogP) is 1.41. The molecule has 0 radical (unpaired) electrons. The van der Waals surface area contributed by atoms with Crippen LogP contribution in [0.25, 0.3) is 5.65 Å². The number of aliphatic hydroxyl groups is 1. The number of sulfonamides is 1. The largest absolute Gasteiger partial charge is 0.389 e. The number of hydrogen-bond donors (Lipinski definition) is 2. The van der Waals surface area contributed by atoms with E-state index in [1.807, 2.05) is 0 Å². The van der Waals surface area contributed by atoms with E-state index in [2.05, 4.69) is 10.3 Å². The molecular weight excluding hydrogens is 392 g/mol. The smallest absolute Gasteiger partial charge is 0.253 e. The molecule has 3 heterocycles. The van der Waals surface area contributed by atoms with Crippen molar-refractivity contribution < 1.29 is 18.3 Å². The molecule has 2 aromatic heterocycles. The average molecular weight is 414 g/mol. The van der Waals surface area contributed by atoms with Gasteiger partial charge in [0.15, 0.2) is 0 Å². The minimum Gasteiger partial charge on any atom is -0.389 e. The summed E-state index contributed by atoms with van der Waals surface area (Å²) in [6.45, 7) is 2.31. The standard InChI is InChI=1S/C20H22N4O4S/c1-20(26)8-10-24(14-20)29(27,28)17-5-2-15(3-6-17)12-22-19(25)16-4-7-18-21-9-11-23(18)13-16/h2-7,9,11,13,26H,8,10,12,14H2,1H3,(H,22,25). The molecule has 8 nitrogen and oxygen atoms in total. The van der Waals surface area contributed by atoms with Crippen molar-refractivity contribution in [1.29, 1.82) is 0 Å². The highest BCUT2D eigenvalue weighted by atomic mass is 32.2. The third kappa shape index (κ3) is 4.02. The molecule has 9 heteroatoms. The second kappa shape index (κ2) is 7.25. The molecule has 0 spiro atoms. The predicted molar refractivity (Wildman–Crippen MR) is 107 cm³/mol. The highest BCUT2D eigenvalue weighted by Gasteiger charge is 2.38. The zero-order chi connectivity index (χ0) is 20.6. The number of rotatable bonds is 5. The van der Waals surface area contributed by atoms with Crippen molar-refractivity contribution in [2.75, 3.05) is 13.1 Å². The normalized spacial score (nSPS) is 20.2. The van der Waals surface area contributed by atoms with Crippen LogP contribution in [0.3, 0.4) is 0 Å². The number of carbonyl (C=O) groups excluding carboxylic acids is 1. The number of amides is 1. The Morgan fingerprint density at radius 3 is 2.69 bits per heavy atom. The first-order chi connectivity index (χ1) is 13.7. The lowest BCUT2D eigenvalue weighted by atomic mass is 10.1. The van der Waals surface area contributed by atoms with Gasteiger partial charge in [-0.2, -0.15) is 4.31 Å². The van der Waals surface area contributed by atoms with E-state index in [4.69, 9.17) is 0 Å². The molecule has 1 atom stereocenters. The van der Waals surface area contributed by atoms with Crippen molar-refractivity contribution in [2.45, 2.75) is 30.4 Å². The lowest BCUT2D eigenvalue weighted by Crippen LogP contribution is -2.33. The number of nitrogens with zero attached hydrogens (tertiary/aromatic N) is 3. The second-order valence-electron chi connectivity index (χ2n) is 7.52. The first-order valence-electron chi connectivity index (χ1n) is 9.27. The number of fused-ring (bicyclic) bond motifs is 1. The van der Waals surface area contributed by atoms with E-state index in [-0.39, 0.29) is 23.9 Å². The Labute approximate surface area is 168 Å². The summed E-state index contributed by atoms with van der Waals surface area (Å²) in [5, 5.41) is 12.9. The molecule has 1 saturated heterocycles. The fourth-order valence-electron chi connectivity index (χ4n) is 3.38. The lowest BCUT2D eigenvalue weighted by molar-refractivity contribution is 0.0762. The van der Waals surface area contributed by atoms with Crippen molar-refractivity contribution in [2.24, 2.45) is 0 Å². The van der Waals surface area contributed by atoms with Crippen LogP contribution in [-0.2, 0) is 16.6 Å². The molecule has 152 valence electrons. The van der Waals surface area contributed by atoms with Crippen LogP contribution in [0.2, 0.25) is 0 Å². The molecule has 4 rings (SSSR count). The molecular formula is C20H22N4O4S. The maximum absolute atomic E-state index is 12.7. The van der Waals surface area contributed by atoms with Gasteiger partial charge in [-0.3, -0.25) is 4.79 Å². The van der Waals surface area contributed by atoms with Crippen LogP contribution in [-0.4, -0.2) is 51.8 Å². The van der Waals surface area contributed by atoms with Crippen molar-refractivity contribution in [3.63, 3.8) is 0 Å². The first-order valence-corrected chi connectivity index (χ1v) is 10.7. The number of β-amino-alcohol motifs (C(OH)–C–C–N with tert-alkyl or cyclic N) is 1. The highest BCUT2D eigenvalue weighted by molar-refractivity contribution is 7.89. The number of imidazole rings is 1. The first kappa shape index (κ1) is 19.6. The molecule has 1 amide bonds. The summed E-state index contributed by atoms with van der Waals surface area (Å²) >= 11 is 0. The van der Waals surface area contributed by atoms with Crippen LogP contribution in [0.4, 0.5) is 0 Å². The quantitative estimate of drug-likeness (QED) is 0.657. The van der Waals surface area contributed by atoms with Gasteiger partial charge in [0.2, 0.25) is 10.0 Å². The summed E-state index contributed by atoms with van der Waals surface area (Å²) in [5.74, 6) is -0.225. The van der Waals surface area contributed by atoms with Gasteiger partial charge in [0.05, 0.1) is 16.1 Å². The van der Waals surface area contributed by atoms with Crippen molar-refractivity contribution in [3.8, 4) is 0 Å². The van der Waals surface area contributed by atoms with E-state index < -0.39 is 15.6 Å². The summed E-state index contributed by atoms with van der Waals surface area (Å²) in [4.78, 5) is 16.7. The van der Waals surface area contributed by atoms with Gasteiger partial charge in [-0.1, -0.05) is 12.1 Å². The Bertz CT molecular complexity index is 1150. The molecule has 2 N–H and O–H groups in total. The number of benzene rings is 1. The zero-order valence-electron chi connectivity index (χ0n) is 15.9. The van der Waals surface area contributed by atoms with Crippen LogP contribution in [0.5, 0.6) is 0 Å². The van der Waals surface area contributed by atoms with E-state index in [9.17, 15) is 18.3 Å². The molecule has 0 saturated carbocycles. The van der Waals surface area contributed by atoms with Gasteiger partial charge in [0.25, 0.3) is 5.91 Å². The highest BCUT2D eigenvalue weighted by Crippen LogP contribution is 2.26. The summed E-state index contributed by atoms with van der Waals surface area (Å²) < 4.78 is 28.5. The molecule has 1 aliphatic rings. The summed E-state index contributed by atoms with van der Waals surface area (Å²) in [5.41, 5.74) is 1.07. The number of pyridine rings is 1. The third-order valence-corrected chi connectivity index (χ3v) is 6.94. The van der Waals surface area contributed by atoms with Gasteiger partial charge in [-0.15, -0.1) is 0 Å². The van der Waals surface area contributed by atoms with Gasteiger partial charge >= 0.3 is 0 Å². The SMILES string of the molecule is CC1(O)CCN(S(=O)(=O)c2ccc(CNC(=O)c3ccc4nccn4c3)cc2)C1. The lowest BCUT2D eigenvalue weighted by Gasteiger charge is -2.19. The van der Waals surface area contributed by atoms with Gasteiger partial charge < -0.3 is 14.8 Å². The molecule has 0 aliphatic carbocycles. The van der Waals surface area contributed by atoms with Gasteiger partial charge in [-0.05, 0) is 43.2 Å². The van der Waals surface area contributed by atoms with E-state index in [1.165, 1.54) is 16.4 Å². The fraction of sp³-hybridized carbons (Fsp3) is 0.300. The van der Waals surface area contributed by atoms with Gasteiger partial charge in [-0.25, -0.2) is 13.4 Å². The summed E-state index contributed by atoms with van der Waals surface area (Å²) in [7, 11) is -3.64. The van der Waals surface area contributed by atoms with Crippen LogP contribution in [0, 0.1) is 0 Å². The maximum atomic E-state index is 12.7. The molecule has 1 fully saturated rings. The third-order valence-electron chi connectivity index (χ3n) is 5.08. The maximum Gasteiger partial charge on any atom is 0.253 e. The van der Waals surface area contributed by atoms with E-state index in [0.717, 1.165) is 11.2 Å². The van der Waals surface area contributed by atoms with Crippen molar-refractivity contribution in [3.05, 3.63) is 66.1 Å². The van der Waals surface area contributed by atoms with Crippen molar-refractivity contribution in [1.82, 2.24) is 19.0 Å². The molecule has 0 bridgehead atoms. The van der Waals surface area contributed by atoms with Crippen LogP contribution in [0.1, 0.15) is 29.3 Å². The Kier molecular flexibility index (Phi) is 4.89. The minimum absolute atomic E-state index is 0.0917. The Morgan fingerprint density at radius 2 is 2.00 bits per heavy atom. The molecule has 29 heavy (non-hydrogen) atoms. The minimum atomic E-state index is -3.64. The van der Waals surface area contributed by atoms with Gasteiger partial charge in [0, 0.05) is 38.2 Å². The second-order valence-corrected chi connectivity index (χ2v) is 9.46. The van der Waals surface area contributed by atoms with Gasteiger partial charge in [0.1, 0.15) is 5.65 Å². The summed E-state index contributed by atoms with van der Waals surface area (Å²) in [6, 6.07) is 9.90. The topological polar surface area (TPSA) is 104 Å². The van der Waals surface area contributed by atoms with E-state index in [1.54, 1.807) is 54.2 Å². The fourth-order valence-corrected chi connectivity index (χ4v) is 4.93. The molecule has 1 aromatic carbocycles.